The summed E-state index contributed by atoms with van der Waals surface area (Å²) < 4.78 is 19.1. The van der Waals surface area contributed by atoms with Gasteiger partial charge in [-0.1, -0.05) is 17.3 Å². The average molecular weight is 366 g/mol. The molecule has 2 aromatic carbocycles. The molecule has 7 heteroatoms. The van der Waals surface area contributed by atoms with Crippen molar-refractivity contribution in [2.24, 2.45) is 0 Å². The SMILES string of the molecule is Cc1noc(-c2ccc(C(=O)N3CCN(c4ccccc4F)CC3)cc2)n1. The molecule has 0 radical (unpaired) electrons. The highest BCUT2D eigenvalue weighted by atomic mass is 19.1. The van der Waals surface area contributed by atoms with E-state index in [1.165, 1.54) is 6.07 Å². The molecule has 1 aliphatic rings. The van der Waals surface area contributed by atoms with Gasteiger partial charge in [0.15, 0.2) is 5.82 Å². The number of halogens is 1. The van der Waals surface area contributed by atoms with Crippen molar-refractivity contribution in [3.05, 3.63) is 65.7 Å². The number of rotatable bonds is 3. The van der Waals surface area contributed by atoms with Gasteiger partial charge in [-0.25, -0.2) is 4.39 Å². The number of amides is 1. The largest absolute Gasteiger partial charge is 0.366 e. The Morgan fingerprint density at radius 3 is 2.37 bits per heavy atom. The van der Waals surface area contributed by atoms with Crippen LogP contribution in [0.25, 0.3) is 11.5 Å². The van der Waals surface area contributed by atoms with Crippen LogP contribution in [0, 0.1) is 12.7 Å². The molecule has 1 saturated heterocycles. The first kappa shape index (κ1) is 17.2. The van der Waals surface area contributed by atoms with Crippen molar-refractivity contribution in [3.63, 3.8) is 0 Å². The number of hydrogen-bond donors (Lipinski definition) is 0. The van der Waals surface area contributed by atoms with Gasteiger partial charge in [0, 0.05) is 37.3 Å². The monoisotopic (exact) mass is 366 g/mol. The van der Waals surface area contributed by atoms with Crippen LogP contribution in [0.5, 0.6) is 0 Å². The van der Waals surface area contributed by atoms with Crippen molar-refractivity contribution >= 4 is 11.6 Å². The molecule has 1 aromatic heterocycles. The minimum Gasteiger partial charge on any atom is -0.366 e. The maximum Gasteiger partial charge on any atom is 0.257 e. The lowest BCUT2D eigenvalue weighted by Gasteiger charge is -2.36. The lowest BCUT2D eigenvalue weighted by atomic mass is 10.1. The molecule has 0 atom stereocenters. The first-order chi connectivity index (χ1) is 13.1. The van der Waals surface area contributed by atoms with E-state index in [2.05, 4.69) is 10.1 Å². The molecule has 0 bridgehead atoms. The van der Waals surface area contributed by atoms with E-state index in [-0.39, 0.29) is 11.7 Å². The zero-order valence-corrected chi connectivity index (χ0v) is 14.9. The van der Waals surface area contributed by atoms with Crippen LogP contribution in [0.15, 0.2) is 53.1 Å². The van der Waals surface area contributed by atoms with Crippen molar-refractivity contribution in [2.45, 2.75) is 6.92 Å². The van der Waals surface area contributed by atoms with Crippen LogP contribution >= 0.6 is 0 Å². The maximum atomic E-state index is 13.9. The molecular formula is C20H19FN4O2. The predicted octanol–water partition coefficient (Wildman–Crippen LogP) is 3.15. The van der Waals surface area contributed by atoms with Crippen LogP contribution in [-0.2, 0) is 0 Å². The Kier molecular flexibility index (Phi) is 4.58. The molecule has 4 rings (SSSR count). The Hall–Kier alpha value is -3.22. The topological polar surface area (TPSA) is 62.5 Å². The molecule has 138 valence electrons. The van der Waals surface area contributed by atoms with Gasteiger partial charge in [-0.05, 0) is 43.3 Å². The third-order valence-corrected chi connectivity index (χ3v) is 4.67. The van der Waals surface area contributed by atoms with E-state index in [0.717, 1.165) is 5.56 Å². The summed E-state index contributed by atoms with van der Waals surface area (Å²) in [5.41, 5.74) is 1.97. The Bertz CT molecular complexity index is 947. The number of anilines is 1. The number of hydrogen-bond acceptors (Lipinski definition) is 5. The van der Waals surface area contributed by atoms with E-state index in [1.807, 2.05) is 11.0 Å². The number of para-hydroxylation sites is 1. The zero-order valence-electron chi connectivity index (χ0n) is 14.9. The standard InChI is InChI=1S/C20H19FN4O2/c1-14-22-19(27-23-14)15-6-8-16(9-7-15)20(26)25-12-10-24(11-13-25)18-5-3-2-4-17(18)21/h2-9H,10-13H2,1H3. The van der Waals surface area contributed by atoms with E-state index in [9.17, 15) is 9.18 Å². The summed E-state index contributed by atoms with van der Waals surface area (Å²) in [5, 5.41) is 3.77. The van der Waals surface area contributed by atoms with Crippen LogP contribution < -0.4 is 4.90 Å². The number of nitrogens with zero attached hydrogens (tertiary/aromatic N) is 4. The second-order valence-corrected chi connectivity index (χ2v) is 6.45. The average Bonchev–Trinajstić information content (AvgIpc) is 3.14. The van der Waals surface area contributed by atoms with Crippen LogP contribution in [-0.4, -0.2) is 47.1 Å². The molecule has 1 fully saturated rings. The number of carbonyl (C=O) groups excluding carboxylic acids is 1. The number of aromatic nitrogens is 2. The van der Waals surface area contributed by atoms with E-state index in [4.69, 9.17) is 4.52 Å². The van der Waals surface area contributed by atoms with Crippen molar-refractivity contribution in [3.8, 4) is 11.5 Å². The number of benzene rings is 2. The van der Waals surface area contributed by atoms with E-state index < -0.39 is 0 Å². The lowest BCUT2D eigenvalue weighted by Crippen LogP contribution is -2.49. The first-order valence-electron chi connectivity index (χ1n) is 8.81. The van der Waals surface area contributed by atoms with Gasteiger partial charge in [0.1, 0.15) is 5.82 Å². The van der Waals surface area contributed by atoms with Crippen molar-refractivity contribution in [2.75, 3.05) is 31.1 Å². The van der Waals surface area contributed by atoms with Gasteiger partial charge >= 0.3 is 0 Å². The minimum absolute atomic E-state index is 0.0311. The second kappa shape index (κ2) is 7.19. The smallest absolute Gasteiger partial charge is 0.257 e. The highest BCUT2D eigenvalue weighted by Gasteiger charge is 2.23. The van der Waals surface area contributed by atoms with Crippen LogP contribution in [0.1, 0.15) is 16.2 Å². The third-order valence-electron chi connectivity index (χ3n) is 4.67. The van der Waals surface area contributed by atoms with Gasteiger partial charge in [-0.3, -0.25) is 4.79 Å². The van der Waals surface area contributed by atoms with E-state index >= 15 is 0 Å². The summed E-state index contributed by atoms with van der Waals surface area (Å²) in [7, 11) is 0. The van der Waals surface area contributed by atoms with Gasteiger partial charge in [0.05, 0.1) is 5.69 Å². The fourth-order valence-corrected chi connectivity index (χ4v) is 3.21. The van der Waals surface area contributed by atoms with Gasteiger partial charge in [-0.15, -0.1) is 0 Å². The number of aryl methyl sites for hydroxylation is 1. The second-order valence-electron chi connectivity index (χ2n) is 6.45. The summed E-state index contributed by atoms with van der Waals surface area (Å²) in [4.78, 5) is 20.7. The first-order valence-corrected chi connectivity index (χ1v) is 8.81. The Balaban J connectivity index is 1.41. The van der Waals surface area contributed by atoms with Gasteiger partial charge < -0.3 is 14.3 Å². The van der Waals surface area contributed by atoms with Gasteiger partial charge in [0.2, 0.25) is 0 Å². The molecule has 0 aliphatic carbocycles. The number of carbonyl (C=O) groups is 1. The van der Waals surface area contributed by atoms with Gasteiger partial charge in [0.25, 0.3) is 11.8 Å². The van der Waals surface area contributed by atoms with Crippen LogP contribution in [0.2, 0.25) is 0 Å². The Labute approximate surface area is 156 Å². The molecule has 1 aliphatic heterocycles. The minimum atomic E-state index is -0.232. The van der Waals surface area contributed by atoms with Crippen LogP contribution in [0.3, 0.4) is 0 Å². The highest BCUT2D eigenvalue weighted by Crippen LogP contribution is 2.22. The quantitative estimate of drug-likeness (QED) is 0.713. The molecule has 3 aromatic rings. The normalized spacial score (nSPS) is 14.4. The fourth-order valence-electron chi connectivity index (χ4n) is 3.21. The van der Waals surface area contributed by atoms with Crippen LogP contribution in [0.4, 0.5) is 10.1 Å². The zero-order chi connectivity index (χ0) is 18.8. The summed E-state index contributed by atoms with van der Waals surface area (Å²) in [6, 6.07) is 13.9. The van der Waals surface area contributed by atoms with Crippen molar-refractivity contribution in [1.82, 2.24) is 15.0 Å². The van der Waals surface area contributed by atoms with E-state index in [1.54, 1.807) is 48.2 Å². The molecular weight excluding hydrogens is 347 g/mol. The molecule has 1 amide bonds. The van der Waals surface area contributed by atoms with Gasteiger partial charge in [-0.2, -0.15) is 4.98 Å². The summed E-state index contributed by atoms with van der Waals surface area (Å²) >= 11 is 0. The fraction of sp³-hybridized carbons (Fsp3) is 0.250. The molecule has 0 unspecified atom stereocenters. The lowest BCUT2D eigenvalue weighted by molar-refractivity contribution is 0.0746. The molecule has 2 heterocycles. The highest BCUT2D eigenvalue weighted by molar-refractivity contribution is 5.94. The third kappa shape index (κ3) is 3.53. The van der Waals surface area contributed by atoms with Crippen molar-refractivity contribution < 1.29 is 13.7 Å². The molecule has 27 heavy (non-hydrogen) atoms. The maximum absolute atomic E-state index is 13.9. The molecule has 0 saturated carbocycles. The van der Waals surface area contributed by atoms with Crippen molar-refractivity contribution in [1.29, 1.82) is 0 Å². The molecule has 0 spiro atoms. The summed E-state index contributed by atoms with van der Waals surface area (Å²) in [6.07, 6.45) is 0. The molecule has 0 N–H and O–H groups in total. The Morgan fingerprint density at radius 1 is 1.04 bits per heavy atom. The Morgan fingerprint density at radius 2 is 1.74 bits per heavy atom. The summed E-state index contributed by atoms with van der Waals surface area (Å²) in [6.45, 7) is 4.07. The van der Waals surface area contributed by atoms with E-state index in [0.29, 0.717) is 49.1 Å². The summed E-state index contributed by atoms with van der Waals surface area (Å²) in [5.74, 6) is 0.739. The number of piperazine rings is 1. The molecule has 6 nitrogen and oxygen atoms in total. The predicted molar refractivity (Wildman–Crippen MR) is 99.0 cm³/mol.